The number of likely N-dealkylation sites (N-methyl/N-ethyl adjacent to an activating group) is 2. The normalized spacial score (nSPS) is 11.7. The minimum Gasteiger partial charge on any atom is -0.449 e. The predicted molar refractivity (Wildman–Crippen MR) is 109 cm³/mol. The van der Waals surface area contributed by atoms with Crippen LogP contribution in [0.5, 0.6) is 0 Å². The fraction of sp³-hybridized carbons (Fsp3) is 0.444. The van der Waals surface area contributed by atoms with E-state index in [1.165, 1.54) is 0 Å². The summed E-state index contributed by atoms with van der Waals surface area (Å²) in [5.41, 5.74) is 6.82. The molecule has 8 heteroatoms. The van der Waals surface area contributed by atoms with Gasteiger partial charge in [0, 0.05) is 29.5 Å². The van der Waals surface area contributed by atoms with Crippen molar-refractivity contribution < 1.29 is 4.42 Å². The number of H-pyrrole nitrogens is 1. The van der Waals surface area contributed by atoms with Gasteiger partial charge in [-0.2, -0.15) is 0 Å². The van der Waals surface area contributed by atoms with Gasteiger partial charge in [-0.15, -0.1) is 0 Å². The lowest BCUT2D eigenvalue weighted by atomic mass is 10.2. The molecule has 0 radical (unpaired) electrons. The number of halogens is 1. The fourth-order valence-electron chi connectivity index (χ4n) is 2.94. The second-order valence-corrected chi connectivity index (χ2v) is 7.25. The summed E-state index contributed by atoms with van der Waals surface area (Å²) in [6.45, 7) is 6.08. The Labute approximate surface area is 160 Å². The summed E-state index contributed by atoms with van der Waals surface area (Å²) in [5.74, 6) is 0.569. The average Bonchev–Trinajstić information content (AvgIpc) is 2.99. The van der Waals surface area contributed by atoms with Crippen molar-refractivity contribution in [3.63, 3.8) is 0 Å². The summed E-state index contributed by atoms with van der Waals surface area (Å²) >= 11 is 3.46. The van der Waals surface area contributed by atoms with Gasteiger partial charge in [0.15, 0.2) is 0 Å². The van der Waals surface area contributed by atoms with E-state index in [1.807, 2.05) is 25.1 Å². The van der Waals surface area contributed by atoms with Crippen molar-refractivity contribution in [3.8, 4) is 0 Å². The minimum atomic E-state index is -0.257. The number of aromatic nitrogens is 2. The molecular weight excluding hydrogens is 398 g/mol. The molecule has 26 heavy (non-hydrogen) atoms. The van der Waals surface area contributed by atoms with E-state index >= 15 is 0 Å². The average molecular weight is 422 g/mol. The molecule has 140 valence electrons. The van der Waals surface area contributed by atoms with Gasteiger partial charge in [-0.05, 0) is 51.7 Å². The van der Waals surface area contributed by atoms with E-state index in [2.05, 4.69) is 37.8 Å². The monoisotopic (exact) mass is 421 g/mol. The number of hydrogen-bond donors (Lipinski definition) is 2. The van der Waals surface area contributed by atoms with Crippen molar-refractivity contribution in [2.75, 3.05) is 44.7 Å². The Balaban J connectivity index is 1.91. The van der Waals surface area contributed by atoms with Gasteiger partial charge in [0.1, 0.15) is 11.1 Å². The zero-order chi connectivity index (χ0) is 18.7. The number of benzene rings is 1. The molecule has 0 fully saturated rings. The molecule has 1 aromatic carbocycles. The van der Waals surface area contributed by atoms with Crippen LogP contribution in [-0.2, 0) is 0 Å². The van der Waals surface area contributed by atoms with Crippen LogP contribution in [-0.4, -0.2) is 54.6 Å². The van der Waals surface area contributed by atoms with Crippen molar-refractivity contribution in [1.82, 2.24) is 14.9 Å². The Morgan fingerprint density at radius 2 is 2.12 bits per heavy atom. The molecule has 0 aliphatic carbocycles. The highest BCUT2D eigenvalue weighted by Gasteiger charge is 2.16. The maximum absolute atomic E-state index is 12.5. The van der Waals surface area contributed by atoms with Crippen molar-refractivity contribution in [2.45, 2.75) is 13.3 Å². The first-order valence-corrected chi connectivity index (χ1v) is 9.58. The molecule has 0 unspecified atom stereocenters. The quantitative estimate of drug-likeness (QED) is 0.580. The molecule has 2 aromatic heterocycles. The number of nitrogens with two attached hydrogens (primary N) is 1. The Morgan fingerprint density at radius 3 is 2.85 bits per heavy atom. The van der Waals surface area contributed by atoms with Gasteiger partial charge >= 0.3 is 0 Å². The van der Waals surface area contributed by atoms with E-state index in [1.54, 1.807) is 0 Å². The van der Waals surface area contributed by atoms with Gasteiger partial charge in [-0.1, -0.05) is 15.9 Å². The Kier molecular flexibility index (Phi) is 5.95. The van der Waals surface area contributed by atoms with Crippen LogP contribution >= 0.6 is 15.9 Å². The number of hydrogen-bond acceptors (Lipinski definition) is 6. The first-order chi connectivity index (χ1) is 12.5. The number of anilines is 1. The highest BCUT2D eigenvalue weighted by atomic mass is 79.9. The number of fused-ring (bicyclic) bond motifs is 3. The molecule has 3 aromatic rings. The van der Waals surface area contributed by atoms with Crippen LogP contribution in [0.1, 0.15) is 13.3 Å². The lowest BCUT2D eigenvalue weighted by Gasteiger charge is -2.24. The molecule has 0 aliphatic rings. The highest BCUT2D eigenvalue weighted by molar-refractivity contribution is 9.10. The number of nitrogens with zero attached hydrogens (tertiary/aromatic N) is 3. The van der Waals surface area contributed by atoms with Crippen LogP contribution in [0.15, 0.2) is 31.9 Å². The molecule has 0 saturated carbocycles. The van der Waals surface area contributed by atoms with Crippen LogP contribution in [0, 0.1) is 0 Å². The Morgan fingerprint density at radius 1 is 1.31 bits per heavy atom. The van der Waals surface area contributed by atoms with Crippen LogP contribution in [0.4, 0.5) is 5.95 Å². The van der Waals surface area contributed by atoms with Crippen LogP contribution in [0.3, 0.4) is 0 Å². The summed E-state index contributed by atoms with van der Waals surface area (Å²) in [7, 11) is 2.07. The third-order valence-corrected chi connectivity index (χ3v) is 4.94. The number of aromatic amines is 1. The highest BCUT2D eigenvalue weighted by Crippen LogP contribution is 2.28. The third kappa shape index (κ3) is 3.92. The summed E-state index contributed by atoms with van der Waals surface area (Å²) in [4.78, 5) is 24.4. The van der Waals surface area contributed by atoms with Crippen molar-refractivity contribution in [2.24, 2.45) is 5.73 Å². The van der Waals surface area contributed by atoms with E-state index in [9.17, 15) is 4.79 Å². The molecule has 2 heterocycles. The molecular formula is C18H24BrN5O2. The fourth-order valence-corrected chi connectivity index (χ4v) is 3.30. The second kappa shape index (κ2) is 8.20. The zero-order valence-electron chi connectivity index (χ0n) is 15.1. The maximum Gasteiger partial charge on any atom is 0.296 e. The molecule has 0 bridgehead atoms. The molecule has 0 amide bonds. The van der Waals surface area contributed by atoms with Crippen molar-refractivity contribution in [3.05, 3.63) is 33.0 Å². The van der Waals surface area contributed by atoms with Crippen molar-refractivity contribution in [1.29, 1.82) is 0 Å². The van der Waals surface area contributed by atoms with E-state index in [0.29, 0.717) is 23.6 Å². The minimum absolute atomic E-state index is 0.257. The van der Waals surface area contributed by atoms with Gasteiger partial charge in [-0.25, -0.2) is 4.98 Å². The molecule has 0 saturated heterocycles. The first-order valence-electron chi connectivity index (χ1n) is 8.79. The molecule has 7 nitrogen and oxygen atoms in total. The maximum atomic E-state index is 12.5. The number of furan rings is 1. The smallest absolute Gasteiger partial charge is 0.296 e. The third-order valence-electron chi connectivity index (χ3n) is 4.45. The van der Waals surface area contributed by atoms with Gasteiger partial charge in [0.25, 0.3) is 5.56 Å². The van der Waals surface area contributed by atoms with Gasteiger partial charge in [0.05, 0.1) is 0 Å². The SMILES string of the molecule is CCN(CCN(C)CCCN)c1nc2c(oc3ccc(Br)cc32)c(=O)[nH]1. The van der Waals surface area contributed by atoms with Crippen LogP contribution in [0.2, 0.25) is 0 Å². The summed E-state index contributed by atoms with van der Waals surface area (Å²) in [6, 6.07) is 5.65. The molecule has 3 N–H and O–H groups in total. The Hall–Kier alpha value is -1.90. The summed E-state index contributed by atoms with van der Waals surface area (Å²) in [6.07, 6.45) is 0.972. The summed E-state index contributed by atoms with van der Waals surface area (Å²) in [5, 5.41) is 0.831. The Bertz CT molecular complexity index is 952. The zero-order valence-corrected chi connectivity index (χ0v) is 16.7. The van der Waals surface area contributed by atoms with E-state index < -0.39 is 0 Å². The predicted octanol–water partition coefficient (Wildman–Crippen LogP) is 2.54. The lowest BCUT2D eigenvalue weighted by molar-refractivity contribution is 0.336. The number of rotatable bonds is 8. The van der Waals surface area contributed by atoms with E-state index in [-0.39, 0.29) is 11.1 Å². The molecule has 0 aliphatic heterocycles. The van der Waals surface area contributed by atoms with E-state index in [0.717, 1.165) is 42.5 Å². The topological polar surface area (TPSA) is 91.4 Å². The van der Waals surface area contributed by atoms with Crippen LogP contribution in [0.25, 0.3) is 22.1 Å². The van der Waals surface area contributed by atoms with Gasteiger partial charge in [-0.3, -0.25) is 9.78 Å². The first kappa shape index (κ1) is 18.9. The van der Waals surface area contributed by atoms with Crippen molar-refractivity contribution >= 4 is 43.9 Å². The molecule has 0 atom stereocenters. The number of nitrogens with one attached hydrogen (secondary N) is 1. The molecule has 3 rings (SSSR count). The standard InChI is InChI=1S/C18H24BrN5O2/c1-3-24(10-9-23(2)8-4-7-20)18-21-15-13-11-12(19)5-6-14(13)26-16(15)17(25)22-18/h5-6,11H,3-4,7-10,20H2,1-2H3,(H,21,22,25). The molecule has 0 spiro atoms. The summed E-state index contributed by atoms with van der Waals surface area (Å²) < 4.78 is 6.60. The largest absolute Gasteiger partial charge is 0.449 e. The van der Waals surface area contributed by atoms with Crippen LogP contribution < -0.4 is 16.2 Å². The lowest BCUT2D eigenvalue weighted by Crippen LogP contribution is -2.35. The van der Waals surface area contributed by atoms with Gasteiger partial charge < -0.3 is 20.0 Å². The van der Waals surface area contributed by atoms with Gasteiger partial charge in [0.2, 0.25) is 11.5 Å². The van der Waals surface area contributed by atoms with E-state index in [4.69, 9.17) is 15.1 Å². The second-order valence-electron chi connectivity index (χ2n) is 6.33.